The number of hydrogen-bond donors (Lipinski definition) is 0. The third-order valence-electron chi connectivity index (χ3n) is 4.08. The topological polar surface area (TPSA) is 29.5 Å². The molecular formula is C12H25NO2Si. The van der Waals surface area contributed by atoms with E-state index in [0.717, 1.165) is 6.42 Å². The lowest BCUT2D eigenvalue weighted by Gasteiger charge is -2.37. The fourth-order valence-electron chi connectivity index (χ4n) is 1.58. The SMILES string of the molecule is CN1C(=O)CCC1CO[Si](C)(C)C(C)(C)C. The number of likely N-dealkylation sites (tertiary alicyclic amines) is 1. The van der Waals surface area contributed by atoms with E-state index in [0.29, 0.717) is 19.1 Å². The van der Waals surface area contributed by atoms with Crippen LogP contribution < -0.4 is 0 Å². The van der Waals surface area contributed by atoms with Crippen molar-refractivity contribution in [2.75, 3.05) is 13.7 Å². The Morgan fingerprint density at radius 1 is 1.44 bits per heavy atom. The van der Waals surface area contributed by atoms with Gasteiger partial charge in [-0.1, -0.05) is 20.8 Å². The van der Waals surface area contributed by atoms with Crippen LogP contribution in [0.1, 0.15) is 33.6 Å². The summed E-state index contributed by atoms with van der Waals surface area (Å²) in [5.41, 5.74) is 0. The van der Waals surface area contributed by atoms with E-state index in [1.165, 1.54) is 0 Å². The normalized spacial score (nSPS) is 23.0. The lowest BCUT2D eigenvalue weighted by Crippen LogP contribution is -2.44. The second kappa shape index (κ2) is 4.49. The summed E-state index contributed by atoms with van der Waals surface area (Å²) >= 11 is 0. The summed E-state index contributed by atoms with van der Waals surface area (Å²) < 4.78 is 6.14. The third kappa shape index (κ3) is 2.86. The fraction of sp³-hybridized carbons (Fsp3) is 0.917. The van der Waals surface area contributed by atoms with Gasteiger partial charge in [0.15, 0.2) is 8.32 Å². The van der Waals surface area contributed by atoms with Crippen LogP contribution in [0.4, 0.5) is 0 Å². The first kappa shape index (κ1) is 13.7. The summed E-state index contributed by atoms with van der Waals surface area (Å²) in [7, 11) is 0.222. The molecule has 0 aromatic carbocycles. The van der Waals surface area contributed by atoms with E-state index in [2.05, 4.69) is 33.9 Å². The van der Waals surface area contributed by atoms with Gasteiger partial charge in [-0.05, 0) is 24.6 Å². The van der Waals surface area contributed by atoms with Crippen LogP contribution in [0.3, 0.4) is 0 Å². The minimum atomic E-state index is -1.66. The van der Waals surface area contributed by atoms with Gasteiger partial charge in [-0.25, -0.2) is 0 Å². The summed E-state index contributed by atoms with van der Waals surface area (Å²) in [5, 5.41) is 0.244. The van der Waals surface area contributed by atoms with Crippen LogP contribution in [0.2, 0.25) is 18.1 Å². The predicted molar refractivity (Wildman–Crippen MR) is 68.9 cm³/mol. The zero-order valence-electron chi connectivity index (χ0n) is 11.5. The van der Waals surface area contributed by atoms with Crippen LogP contribution >= 0.6 is 0 Å². The van der Waals surface area contributed by atoms with Crippen molar-refractivity contribution in [3.8, 4) is 0 Å². The first-order valence-corrected chi connectivity index (χ1v) is 8.95. The van der Waals surface area contributed by atoms with E-state index in [-0.39, 0.29) is 10.9 Å². The van der Waals surface area contributed by atoms with Crippen LogP contribution in [0.5, 0.6) is 0 Å². The Balaban J connectivity index is 2.49. The molecule has 1 aliphatic heterocycles. The summed E-state index contributed by atoms with van der Waals surface area (Å²) in [6.07, 6.45) is 1.63. The van der Waals surface area contributed by atoms with Gasteiger partial charge < -0.3 is 9.33 Å². The van der Waals surface area contributed by atoms with E-state index < -0.39 is 8.32 Å². The van der Waals surface area contributed by atoms with E-state index in [9.17, 15) is 4.79 Å². The Morgan fingerprint density at radius 3 is 2.38 bits per heavy atom. The summed E-state index contributed by atoms with van der Waals surface area (Å²) in [6, 6.07) is 0.293. The first-order valence-electron chi connectivity index (χ1n) is 6.05. The molecule has 1 amide bonds. The minimum absolute atomic E-state index is 0.244. The van der Waals surface area contributed by atoms with Crippen LogP contribution in [-0.2, 0) is 9.22 Å². The van der Waals surface area contributed by atoms with Gasteiger partial charge in [-0.2, -0.15) is 0 Å². The average Bonchev–Trinajstić information content (AvgIpc) is 2.43. The second-order valence-electron chi connectivity index (χ2n) is 6.27. The fourth-order valence-corrected chi connectivity index (χ4v) is 2.62. The molecule has 1 unspecified atom stereocenters. The predicted octanol–water partition coefficient (Wildman–Crippen LogP) is 2.63. The first-order chi connectivity index (χ1) is 7.15. The van der Waals surface area contributed by atoms with E-state index >= 15 is 0 Å². The van der Waals surface area contributed by atoms with E-state index in [1.807, 2.05) is 11.9 Å². The van der Waals surface area contributed by atoms with Crippen molar-refractivity contribution in [3.63, 3.8) is 0 Å². The molecule has 1 heterocycles. The quantitative estimate of drug-likeness (QED) is 0.713. The molecule has 0 bridgehead atoms. The zero-order chi connectivity index (χ0) is 12.6. The molecule has 0 saturated carbocycles. The molecule has 0 aromatic heterocycles. The largest absolute Gasteiger partial charge is 0.415 e. The van der Waals surface area contributed by atoms with Crippen LogP contribution in [0.25, 0.3) is 0 Å². The molecule has 0 N–H and O–H groups in total. The van der Waals surface area contributed by atoms with Gasteiger partial charge in [0.2, 0.25) is 5.91 Å². The van der Waals surface area contributed by atoms with Gasteiger partial charge in [0.05, 0.1) is 12.6 Å². The number of carbonyl (C=O) groups excluding carboxylic acids is 1. The Hall–Kier alpha value is -0.353. The van der Waals surface area contributed by atoms with Gasteiger partial charge in [-0.15, -0.1) is 0 Å². The molecule has 3 nitrogen and oxygen atoms in total. The maximum Gasteiger partial charge on any atom is 0.222 e. The number of carbonyl (C=O) groups is 1. The Kier molecular flexibility index (Phi) is 3.85. The molecule has 1 aliphatic rings. The molecule has 1 saturated heterocycles. The summed E-state index contributed by atoms with van der Waals surface area (Å²) in [6.45, 7) is 11.9. The standard InChI is InChI=1S/C12H25NO2Si/c1-12(2,3)16(5,6)15-9-10-7-8-11(14)13(10)4/h10H,7-9H2,1-6H3. The van der Waals surface area contributed by atoms with Crippen LogP contribution in [0, 0.1) is 0 Å². The van der Waals surface area contributed by atoms with Gasteiger partial charge in [-0.3, -0.25) is 4.79 Å². The van der Waals surface area contributed by atoms with Gasteiger partial charge in [0.25, 0.3) is 0 Å². The maximum atomic E-state index is 11.4. The van der Waals surface area contributed by atoms with Crippen molar-refractivity contribution in [2.45, 2.75) is 57.8 Å². The third-order valence-corrected chi connectivity index (χ3v) is 8.58. The molecule has 1 rings (SSSR count). The van der Waals surface area contributed by atoms with Crippen molar-refractivity contribution in [1.82, 2.24) is 4.90 Å². The summed E-state index contributed by atoms with van der Waals surface area (Å²) in [4.78, 5) is 13.2. The number of amides is 1. The molecule has 94 valence electrons. The molecular weight excluding hydrogens is 218 g/mol. The van der Waals surface area contributed by atoms with Crippen molar-refractivity contribution < 1.29 is 9.22 Å². The summed E-state index contributed by atoms with van der Waals surface area (Å²) in [5.74, 6) is 0.254. The van der Waals surface area contributed by atoms with Crippen molar-refractivity contribution in [2.24, 2.45) is 0 Å². The Morgan fingerprint density at radius 2 is 2.00 bits per heavy atom. The number of likely N-dealkylation sites (N-methyl/N-ethyl adjacent to an activating group) is 1. The Labute approximate surface area is 100 Å². The minimum Gasteiger partial charge on any atom is -0.415 e. The van der Waals surface area contributed by atoms with Crippen molar-refractivity contribution >= 4 is 14.2 Å². The molecule has 0 aromatic rings. The van der Waals surface area contributed by atoms with Crippen molar-refractivity contribution in [1.29, 1.82) is 0 Å². The highest BCUT2D eigenvalue weighted by atomic mass is 28.4. The lowest BCUT2D eigenvalue weighted by molar-refractivity contribution is -0.128. The monoisotopic (exact) mass is 243 g/mol. The van der Waals surface area contributed by atoms with Crippen LogP contribution in [0.15, 0.2) is 0 Å². The molecule has 0 spiro atoms. The zero-order valence-corrected chi connectivity index (χ0v) is 12.5. The molecule has 16 heavy (non-hydrogen) atoms. The highest BCUT2D eigenvalue weighted by Gasteiger charge is 2.38. The van der Waals surface area contributed by atoms with Gasteiger partial charge in [0.1, 0.15) is 0 Å². The van der Waals surface area contributed by atoms with Crippen molar-refractivity contribution in [3.05, 3.63) is 0 Å². The number of hydrogen-bond acceptors (Lipinski definition) is 2. The molecule has 1 fully saturated rings. The smallest absolute Gasteiger partial charge is 0.222 e. The Bertz CT molecular complexity index is 271. The number of rotatable bonds is 3. The van der Waals surface area contributed by atoms with Crippen LogP contribution in [-0.4, -0.2) is 38.8 Å². The maximum absolute atomic E-state index is 11.4. The average molecular weight is 243 g/mol. The molecule has 1 atom stereocenters. The molecule has 4 heteroatoms. The van der Waals surface area contributed by atoms with Gasteiger partial charge >= 0.3 is 0 Å². The van der Waals surface area contributed by atoms with Gasteiger partial charge in [0, 0.05) is 13.5 Å². The molecule has 0 aliphatic carbocycles. The lowest BCUT2D eigenvalue weighted by atomic mass is 10.2. The van der Waals surface area contributed by atoms with E-state index in [1.54, 1.807) is 0 Å². The highest BCUT2D eigenvalue weighted by Crippen LogP contribution is 2.37. The highest BCUT2D eigenvalue weighted by molar-refractivity contribution is 6.74. The molecule has 0 radical (unpaired) electrons. The second-order valence-corrected chi connectivity index (χ2v) is 11.1. The van der Waals surface area contributed by atoms with E-state index in [4.69, 9.17) is 4.43 Å². The number of nitrogens with zero attached hydrogens (tertiary/aromatic N) is 1.